The summed E-state index contributed by atoms with van der Waals surface area (Å²) in [6.07, 6.45) is 0. The summed E-state index contributed by atoms with van der Waals surface area (Å²) in [4.78, 5) is 23.9. The predicted molar refractivity (Wildman–Crippen MR) is 67.6 cm³/mol. The first-order valence-electron chi connectivity index (χ1n) is 6.02. The van der Waals surface area contributed by atoms with Crippen molar-refractivity contribution < 1.29 is 19.2 Å². The van der Waals surface area contributed by atoms with Crippen molar-refractivity contribution in [2.75, 3.05) is 20.1 Å². The molecule has 0 atom stereocenters. The Hall–Kier alpha value is -1.89. The Kier molecular flexibility index (Phi) is 5.50. The molecular weight excluding hydrogens is 250 g/mol. The maximum atomic E-state index is 11.6. The van der Waals surface area contributed by atoms with E-state index in [1.807, 2.05) is 13.8 Å². The number of hydrogen-bond acceptors (Lipinski definition) is 5. The quantitative estimate of drug-likeness (QED) is 0.751. The average Bonchev–Trinajstić information content (AvgIpc) is 2.74. The number of amides is 1. The van der Waals surface area contributed by atoms with Crippen molar-refractivity contribution in [1.82, 2.24) is 15.4 Å². The van der Waals surface area contributed by atoms with E-state index in [9.17, 15) is 9.59 Å². The summed E-state index contributed by atoms with van der Waals surface area (Å²) in [7, 11) is 1.75. The minimum Gasteiger partial charge on any atom is -0.476 e. The number of nitrogens with one attached hydrogen (secondary N) is 1. The van der Waals surface area contributed by atoms with E-state index >= 15 is 0 Å². The Balaban J connectivity index is 2.39. The van der Waals surface area contributed by atoms with Gasteiger partial charge in [0, 0.05) is 12.6 Å². The van der Waals surface area contributed by atoms with Gasteiger partial charge in [0.15, 0.2) is 11.5 Å². The second-order valence-electron chi connectivity index (χ2n) is 4.85. The lowest BCUT2D eigenvalue weighted by molar-refractivity contribution is -0.122. The standard InChI is InChI=1S/C12H19N3O4/c1-8(2)5-13-11(16)7-15(3)6-9-4-10(12(17)18)14-19-9/h4,8H,5-7H2,1-3H3,(H,13,16)(H,17,18). The van der Waals surface area contributed by atoms with Crippen molar-refractivity contribution in [1.29, 1.82) is 0 Å². The van der Waals surface area contributed by atoms with E-state index in [4.69, 9.17) is 9.63 Å². The molecule has 1 aromatic rings. The molecule has 0 aliphatic heterocycles. The van der Waals surface area contributed by atoms with Gasteiger partial charge in [0.05, 0.1) is 13.1 Å². The van der Waals surface area contributed by atoms with E-state index in [1.54, 1.807) is 11.9 Å². The smallest absolute Gasteiger partial charge is 0.358 e. The molecule has 0 aliphatic carbocycles. The van der Waals surface area contributed by atoms with Crippen LogP contribution in [0.3, 0.4) is 0 Å². The fourth-order valence-electron chi connectivity index (χ4n) is 1.43. The van der Waals surface area contributed by atoms with Gasteiger partial charge in [-0.2, -0.15) is 0 Å². The maximum absolute atomic E-state index is 11.6. The summed E-state index contributed by atoms with van der Waals surface area (Å²) in [6.45, 7) is 5.22. The molecule has 7 heteroatoms. The number of carbonyl (C=O) groups is 2. The second kappa shape index (κ2) is 6.89. The molecule has 1 amide bonds. The summed E-state index contributed by atoms with van der Waals surface area (Å²) >= 11 is 0. The van der Waals surface area contributed by atoms with Crippen molar-refractivity contribution in [3.8, 4) is 0 Å². The predicted octanol–water partition coefficient (Wildman–Crippen LogP) is 0.577. The largest absolute Gasteiger partial charge is 0.476 e. The number of carboxylic acid groups (broad SMARTS) is 1. The van der Waals surface area contributed by atoms with Crippen LogP contribution in [0.15, 0.2) is 10.6 Å². The molecule has 1 heterocycles. The van der Waals surface area contributed by atoms with E-state index in [0.29, 0.717) is 24.8 Å². The Morgan fingerprint density at radius 2 is 2.21 bits per heavy atom. The number of carboxylic acids is 1. The van der Waals surface area contributed by atoms with Crippen LogP contribution in [-0.4, -0.2) is 47.2 Å². The fourth-order valence-corrected chi connectivity index (χ4v) is 1.43. The maximum Gasteiger partial charge on any atom is 0.358 e. The molecule has 0 fully saturated rings. The minimum absolute atomic E-state index is 0.0748. The SMILES string of the molecule is CC(C)CNC(=O)CN(C)Cc1cc(C(=O)O)no1. The van der Waals surface area contributed by atoms with Crippen LogP contribution < -0.4 is 5.32 Å². The van der Waals surface area contributed by atoms with Crippen LogP contribution >= 0.6 is 0 Å². The van der Waals surface area contributed by atoms with Crippen LogP contribution in [-0.2, 0) is 11.3 Å². The molecule has 19 heavy (non-hydrogen) atoms. The first kappa shape index (κ1) is 15.2. The van der Waals surface area contributed by atoms with Crippen molar-refractivity contribution in [3.63, 3.8) is 0 Å². The van der Waals surface area contributed by atoms with Gasteiger partial charge < -0.3 is 14.9 Å². The van der Waals surface area contributed by atoms with E-state index in [0.717, 1.165) is 0 Å². The van der Waals surface area contributed by atoms with Gasteiger partial charge in [-0.15, -0.1) is 0 Å². The zero-order chi connectivity index (χ0) is 14.4. The van der Waals surface area contributed by atoms with E-state index in [-0.39, 0.29) is 18.1 Å². The Labute approximate surface area is 111 Å². The molecule has 106 valence electrons. The summed E-state index contributed by atoms with van der Waals surface area (Å²) < 4.78 is 4.87. The van der Waals surface area contributed by atoms with Crippen LogP contribution in [0.4, 0.5) is 0 Å². The van der Waals surface area contributed by atoms with E-state index < -0.39 is 5.97 Å². The van der Waals surface area contributed by atoms with Gasteiger partial charge in [0.2, 0.25) is 5.91 Å². The number of aromatic nitrogens is 1. The highest BCUT2D eigenvalue weighted by Gasteiger charge is 2.13. The lowest BCUT2D eigenvalue weighted by Crippen LogP contribution is -2.36. The molecule has 0 aromatic carbocycles. The zero-order valence-electron chi connectivity index (χ0n) is 11.3. The molecule has 1 rings (SSSR count). The zero-order valence-corrected chi connectivity index (χ0v) is 11.3. The molecule has 2 N–H and O–H groups in total. The summed E-state index contributed by atoms with van der Waals surface area (Å²) in [5.41, 5.74) is -0.132. The molecule has 7 nitrogen and oxygen atoms in total. The molecule has 0 unspecified atom stereocenters. The number of likely N-dealkylation sites (N-methyl/N-ethyl adjacent to an activating group) is 1. The van der Waals surface area contributed by atoms with Crippen molar-refractivity contribution in [2.24, 2.45) is 5.92 Å². The third kappa shape index (κ3) is 5.52. The van der Waals surface area contributed by atoms with Gasteiger partial charge >= 0.3 is 5.97 Å². The number of aromatic carboxylic acids is 1. The first-order valence-corrected chi connectivity index (χ1v) is 6.02. The van der Waals surface area contributed by atoms with Gasteiger partial charge in [0.25, 0.3) is 0 Å². The molecule has 0 saturated carbocycles. The number of hydrogen-bond donors (Lipinski definition) is 2. The molecular formula is C12H19N3O4. The van der Waals surface area contributed by atoms with Crippen LogP contribution in [0.1, 0.15) is 30.1 Å². The normalized spacial score (nSPS) is 11.0. The van der Waals surface area contributed by atoms with Gasteiger partial charge in [-0.1, -0.05) is 19.0 Å². The summed E-state index contributed by atoms with van der Waals surface area (Å²) in [5.74, 6) is -0.389. The van der Waals surface area contributed by atoms with Gasteiger partial charge in [-0.25, -0.2) is 4.79 Å². The highest BCUT2D eigenvalue weighted by atomic mass is 16.5. The topological polar surface area (TPSA) is 95.7 Å². The highest BCUT2D eigenvalue weighted by molar-refractivity contribution is 5.85. The summed E-state index contributed by atoms with van der Waals surface area (Å²) in [5, 5.41) is 14.9. The number of rotatable bonds is 7. The van der Waals surface area contributed by atoms with E-state index in [1.165, 1.54) is 6.07 Å². The summed E-state index contributed by atoms with van der Waals surface area (Å²) in [6, 6.07) is 1.35. The molecule has 0 spiro atoms. The van der Waals surface area contributed by atoms with Gasteiger partial charge in [0.1, 0.15) is 0 Å². The van der Waals surface area contributed by atoms with Crippen LogP contribution in [0, 0.1) is 5.92 Å². The van der Waals surface area contributed by atoms with Gasteiger partial charge in [-0.05, 0) is 13.0 Å². The molecule has 1 aromatic heterocycles. The van der Waals surface area contributed by atoms with Crippen LogP contribution in [0.5, 0.6) is 0 Å². The monoisotopic (exact) mass is 269 g/mol. The molecule has 0 aliphatic rings. The Morgan fingerprint density at radius 1 is 1.53 bits per heavy atom. The second-order valence-corrected chi connectivity index (χ2v) is 4.85. The third-order valence-corrected chi connectivity index (χ3v) is 2.32. The Bertz CT molecular complexity index is 442. The van der Waals surface area contributed by atoms with Crippen molar-refractivity contribution >= 4 is 11.9 Å². The lowest BCUT2D eigenvalue weighted by Gasteiger charge is -2.15. The minimum atomic E-state index is -1.13. The molecule has 0 bridgehead atoms. The Morgan fingerprint density at radius 3 is 2.74 bits per heavy atom. The van der Waals surface area contributed by atoms with Gasteiger partial charge in [-0.3, -0.25) is 9.69 Å². The molecule has 0 saturated heterocycles. The first-order chi connectivity index (χ1) is 8.88. The average molecular weight is 269 g/mol. The van der Waals surface area contributed by atoms with Crippen LogP contribution in [0.25, 0.3) is 0 Å². The number of carbonyl (C=O) groups excluding carboxylic acids is 1. The van der Waals surface area contributed by atoms with Crippen molar-refractivity contribution in [3.05, 3.63) is 17.5 Å². The third-order valence-electron chi connectivity index (χ3n) is 2.32. The van der Waals surface area contributed by atoms with Crippen molar-refractivity contribution in [2.45, 2.75) is 20.4 Å². The number of nitrogens with zero attached hydrogens (tertiary/aromatic N) is 2. The lowest BCUT2D eigenvalue weighted by atomic mass is 10.2. The fraction of sp³-hybridized carbons (Fsp3) is 0.583. The highest BCUT2D eigenvalue weighted by Crippen LogP contribution is 2.06. The van der Waals surface area contributed by atoms with Crippen LogP contribution in [0.2, 0.25) is 0 Å². The molecule has 0 radical (unpaired) electrons. The van der Waals surface area contributed by atoms with E-state index in [2.05, 4.69) is 10.5 Å².